The van der Waals surface area contributed by atoms with Gasteiger partial charge in [-0.1, -0.05) is 0 Å². The lowest BCUT2D eigenvalue weighted by molar-refractivity contribution is -0.143. The molecule has 0 aliphatic carbocycles. The zero-order chi connectivity index (χ0) is 8.15. The molecule has 60 valence electrons. The van der Waals surface area contributed by atoms with Gasteiger partial charge in [0, 0.05) is 6.04 Å². The van der Waals surface area contributed by atoms with E-state index in [1.165, 1.54) is 7.11 Å². The summed E-state index contributed by atoms with van der Waals surface area (Å²) in [6.07, 6.45) is -0.832. The standard InChI is InChI=1S/C6H13NO3/c1-4(7)5(8)3-6(9)10-2/h4-5,8H,3,7H2,1-2H3/t4-,5+/m0/s1. The van der Waals surface area contributed by atoms with Crippen molar-refractivity contribution in [2.75, 3.05) is 7.11 Å². The van der Waals surface area contributed by atoms with E-state index in [1.807, 2.05) is 0 Å². The number of aliphatic hydroxyl groups is 1. The van der Waals surface area contributed by atoms with E-state index in [9.17, 15) is 4.79 Å². The van der Waals surface area contributed by atoms with Gasteiger partial charge in [-0.3, -0.25) is 4.79 Å². The third kappa shape index (κ3) is 3.42. The van der Waals surface area contributed by atoms with Crippen molar-refractivity contribution >= 4 is 5.97 Å². The second-order valence-electron chi connectivity index (χ2n) is 2.21. The monoisotopic (exact) mass is 147 g/mol. The molecule has 3 N–H and O–H groups in total. The molecular weight excluding hydrogens is 134 g/mol. The Hall–Kier alpha value is -0.610. The van der Waals surface area contributed by atoms with E-state index < -0.39 is 12.1 Å². The molecule has 0 spiro atoms. The van der Waals surface area contributed by atoms with Gasteiger partial charge in [0.2, 0.25) is 0 Å². The predicted molar refractivity (Wildman–Crippen MR) is 36.3 cm³/mol. The molecule has 0 heterocycles. The number of ether oxygens (including phenoxy) is 1. The molecule has 0 saturated carbocycles. The highest BCUT2D eigenvalue weighted by atomic mass is 16.5. The van der Waals surface area contributed by atoms with Gasteiger partial charge in [-0.05, 0) is 6.92 Å². The Morgan fingerprint density at radius 2 is 2.30 bits per heavy atom. The number of aliphatic hydroxyl groups excluding tert-OH is 1. The second kappa shape index (κ2) is 4.24. The van der Waals surface area contributed by atoms with Crippen LogP contribution >= 0.6 is 0 Å². The Balaban J connectivity index is 3.57. The van der Waals surface area contributed by atoms with Crippen LogP contribution in [-0.2, 0) is 9.53 Å². The van der Waals surface area contributed by atoms with Crippen LogP contribution in [0, 0.1) is 0 Å². The van der Waals surface area contributed by atoms with Gasteiger partial charge in [0.25, 0.3) is 0 Å². The molecular formula is C6H13NO3. The van der Waals surface area contributed by atoms with Crippen LogP contribution < -0.4 is 5.73 Å². The lowest BCUT2D eigenvalue weighted by atomic mass is 10.1. The van der Waals surface area contributed by atoms with Crippen LogP contribution in [0.2, 0.25) is 0 Å². The number of hydrogen-bond donors (Lipinski definition) is 2. The fraction of sp³-hybridized carbons (Fsp3) is 0.833. The maximum atomic E-state index is 10.5. The topological polar surface area (TPSA) is 72.5 Å². The third-order valence-corrected chi connectivity index (χ3v) is 1.21. The number of hydrogen-bond acceptors (Lipinski definition) is 4. The molecule has 0 aromatic carbocycles. The van der Waals surface area contributed by atoms with Gasteiger partial charge in [0.1, 0.15) is 0 Å². The molecule has 4 nitrogen and oxygen atoms in total. The Morgan fingerprint density at radius 3 is 2.60 bits per heavy atom. The van der Waals surface area contributed by atoms with Gasteiger partial charge in [-0.15, -0.1) is 0 Å². The van der Waals surface area contributed by atoms with Crippen molar-refractivity contribution < 1.29 is 14.6 Å². The Bertz CT molecular complexity index is 114. The molecule has 0 aromatic rings. The lowest BCUT2D eigenvalue weighted by Crippen LogP contribution is -2.33. The molecule has 0 aliphatic heterocycles. The molecule has 4 heteroatoms. The summed E-state index contributed by atoms with van der Waals surface area (Å²) in [5.41, 5.74) is 5.28. The highest BCUT2D eigenvalue weighted by Gasteiger charge is 2.14. The normalized spacial score (nSPS) is 16.0. The summed E-state index contributed by atoms with van der Waals surface area (Å²) in [5, 5.41) is 9.00. The molecule has 0 radical (unpaired) electrons. The van der Waals surface area contributed by atoms with Crippen LogP contribution in [0.5, 0.6) is 0 Å². The van der Waals surface area contributed by atoms with E-state index in [0.29, 0.717) is 0 Å². The fourth-order valence-electron chi connectivity index (χ4n) is 0.440. The van der Waals surface area contributed by atoms with Gasteiger partial charge in [-0.2, -0.15) is 0 Å². The highest BCUT2D eigenvalue weighted by Crippen LogP contribution is 1.96. The smallest absolute Gasteiger partial charge is 0.308 e. The number of carbonyl (C=O) groups is 1. The summed E-state index contributed by atoms with van der Waals surface area (Å²) >= 11 is 0. The van der Waals surface area contributed by atoms with Crippen molar-refractivity contribution in [3.8, 4) is 0 Å². The van der Waals surface area contributed by atoms with Crippen LogP contribution in [0.4, 0.5) is 0 Å². The average Bonchev–Trinajstić information content (AvgIpc) is 1.87. The van der Waals surface area contributed by atoms with Crippen molar-refractivity contribution in [2.45, 2.75) is 25.5 Å². The zero-order valence-electron chi connectivity index (χ0n) is 6.20. The van der Waals surface area contributed by atoms with Crippen molar-refractivity contribution in [3.05, 3.63) is 0 Å². The van der Waals surface area contributed by atoms with E-state index in [4.69, 9.17) is 10.8 Å². The van der Waals surface area contributed by atoms with Crippen molar-refractivity contribution in [1.82, 2.24) is 0 Å². The summed E-state index contributed by atoms with van der Waals surface area (Å²) in [4.78, 5) is 10.5. The van der Waals surface area contributed by atoms with Gasteiger partial charge in [0.05, 0.1) is 19.6 Å². The van der Waals surface area contributed by atoms with Gasteiger partial charge < -0.3 is 15.6 Å². The molecule has 2 atom stereocenters. The summed E-state index contributed by atoms with van der Waals surface area (Å²) in [7, 11) is 1.27. The summed E-state index contributed by atoms with van der Waals surface area (Å²) in [6.45, 7) is 1.63. The molecule has 0 rings (SSSR count). The average molecular weight is 147 g/mol. The minimum absolute atomic E-state index is 0.0336. The first-order chi connectivity index (χ1) is 4.57. The lowest BCUT2D eigenvalue weighted by Gasteiger charge is -2.11. The van der Waals surface area contributed by atoms with Crippen LogP contribution in [0.3, 0.4) is 0 Å². The van der Waals surface area contributed by atoms with E-state index >= 15 is 0 Å². The number of rotatable bonds is 3. The van der Waals surface area contributed by atoms with Crippen molar-refractivity contribution in [1.29, 1.82) is 0 Å². The number of carbonyl (C=O) groups excluding carboxylic acids is 1. The summed E-state index contributed by atoms with van der Waals surface area (Å²) in [6, 6.07) is -0.390. The summed E-state index contributed by atoms with van der Waals surface area (Å²) in [5.74, 6) is -0.440. The first-order valence-corrected chi connectivity index (χ1v) is 3.08. The molecule has 0 unspecified atom stereocenters. The first kappa shape index (κ1) is 9.39. The minimum Gasteiger partial charge on any atom is -0.469 e. The molecule has 0 fully saturated rings. The largest absolute Gasteiger partial charge is 0.469 e. The van der Waals surface area contributed by atoms with Crippen molar-refractivity contribution in [2.24, 2.45) is 5.73 Å². The quantitative estimate of drug-likeness (QED) is 0.515. The Morgan fingerprint density at radius 1 is 1.80 bits per heavy atom. The predicted octanol–water partition coefficient (Wildman–Crippen LogP) is -0.742. The van der Waals surface area contributed by atoms with Crippen LogP contribution in [0.1, 0.15) is 13.3 Å². The van der Waals surface area contributed by atoms with Crippen LogP contribution in [0.15, 0.2) is 0 Å². The van der Waals surface area contributed by atoms with Gasteiger partial charge in [0.15, 0.2) is 0 Å². The maximum absolute atomic E-state index is 10.5. The SMILES string of the molecule is COC(=O)C[C@@H](O)[C@H](C)N. The first-order valence-electron chi connectivity index (χ1n) is 3.08. The third-order valence-electron chi connectivity index (χ3n) is 1.21. The molecule has 0 amide bonds. The van der Waals surface area contributed by atoms with E-state index in [2.05, 4.69) is 4.74 Å². The maximum Gasteiger partial charge on any atom is 0.308 e. The van der Waals surface area contributed by atoms with Crippen molar-refractivity contribution in [3.63, 3.8) is 0 Å². The number of esters is 1. The zero-order valence-corrected chi connectivity index (χ0v) is 6.20. The fourth-order valence-corrected chi connectivity index (χ4v) is 0.440. The molecule has 0 saturated heterocycles. The number of methoxy groups -OCH3 is 1. The molecule has 0 bridgehead atoms. The van der Waals surface area contributed by atoms with Crippen LogP contribution in [-0.4, -0.2) is 30.3 Å². The highest BCUT2D eigenvalue weighted by molar-refractivity contribution is 5.69. The van der Waals surface area contributed by atoms with Gasteiger partial charge >= 0.3 is 5.97 Å². The minimum atomic E-state index is -0.799. The molecule has 10 heavy (non-hydrogen) atoms. The van der Waals surface area contributed by atoms with E-state index in [-0.39, 0.29) is 12.5 Å². The Kier molecular flexibility index (Phi) is 3.99. The summed E-state index contributed by atoms with van der Waals surface area (Å²) < 4.78 is 4.32. The molecule has 0 aliphatic rings. The van der Waals surface area contributed by atoms with Gasteiger partial charge in [-0.25, -0.2) is 0 Å². The second-order valence-corrected chi connectivity index (χ2v) is 2.21. The Labute approximate surface area is 60.0 Å². The number of nitrogens with two attached hydrogens (primary N) is 1. The van der Waals surface area contributed by atoms with E-state index in [0.717, 1.165) is 0 Å². The van der Waals surface area contributed by atoms with Crippen LogP contribution in [0.25, 0.3) is 0 Å². The molecule has 0 aromatic heterocycles. The van der Waals surface area contributed by atoms with E-state index in [1.54, 1.807) is 6.92 Å².